The second kappa shape index (κ2) is 10.3. The third-order valence-corrected chi connectivity index (χ3v) is 6.68. The number of aryl methyl sites for hydroxylation is 2. The lowest BCUT2D eigenvalue weighted by Gasteiger charge is -2.05. The molecule has 0 atom stereocenters. The van der Waals surface area contributed by atoms with Crippen molar-refractivity contribution in [3.8, 4) is 11.1 Å². The Kier molecular flexibility index (Phi) is 6.41. The van der Waals surface area contributed by atoms with Crippen molar-refractivity contribution < 1.29 is 4.79 Å². The lowest BCUT2D eigenvalue weighted by molar-refractivity contribution is 0.0945. The number of aromatic amines is 1. The highest BCUT2D eigenvalue weighted by atomic mass is 16.2. The maximum absolute atomic E-state index is 12.4. The van der Waals surface area contributed by atoms with Gasteiger partial charge in [-0.05, 0) is 61.8 Å². The van der Waals surface area contributed by atoms with Crippen LogP contribution in [0.5, 0.6) is 0 Å². The van der Waals surface area contributed by atoms with Gasteiger partial charge in [0.05, 0.1) is 24.1 Å². The van der Waals surface area contributed by atoms with Crippen LogP contribution in [0.1, 0.15) is 59.2 Å². The monoisotopic (exact) mass is 492 g/mol. The van der Waals surface area contributed by atoms with Crippen molar-refractivity contribution in [2.24, 2.45) is 0 Å². The van der Waals surface area contributed by atoms with Gasteiger partial charge in [0.25, 0.3) is 5.91 Å². The zero-order valence-corrected chi connectivity index (χ0v) is 20.5. The van der Waals surface area contributed by atoms with E-state index in [1.807, 2.05) is 24.3 Å². The van der Waals surface area contributed by atoms with Crippen molar-refractivity contribution in [2.45, 2.75) is 51.1 Å². The van der Waals surface area contributed by atoms with Gasteiger partial charge in [0, 0.05) is 29.4 Å². The molecule has 1 fully saturated rings. The number of rotatable bonds is 10. The van der Waals surface area contributed by atoms with Crippen LogP contribution in [0.2, 0.25) is 0 Å². The smallest absolute Gasteiger partial charge is 0.273 e. The van der Waals surface area contributed by atoms with Gasteiger partial charge in [-0.1, -0.05) is 41.6 Å². The van der Waals surface area contributed by atoms with E-state index in [1.54, 1.807) is 17.1 Å². The van der Waals surface area contributed by atoms with E-state index >= 15 is 0 Å². The fourth-order valence-corrected chi connectivity index (χ4v) is 4.62. The maximum Gasteiger partial charge on any atom is 0.273 e. The quantitative estimate of drug-likeness (QED) is 0.279. The highest BCUT2D eigenvalue weighted by Crippen LogP contribution is 2.46. The van der Waals surface area contributed by atoms with Gasteiger partial charge < -0.3 is 10.3 Å². The second-order valence-corrected chi connectivity index (χ2v) is 9.48. The van der Waals surface area contributed by atoms with Crippen molar-refractivity contribution in [2.75, 3.05) is 0 Å². The molecule has 9 heteroatoms. The van der Waals surface area contributed by atoms with Crippen molar-refractivity contribution in [1.82, 2.24) is 40.5 Å². The number of aromatic nitrogens is 7. The number of H-pyrrole nitrogens is 1. The average Bonchev–Trinajstić information content (AvgIpc) is 3.56. The van der Waals surface area contributed by atoms with Gasteiger partial charge in [-0.3, -0.25) is 14.5 Å². The molecule has 0 saturated heterocycles. The van der Waals surface area contributed by atoms with E-state index in [9.17, 15) is 4.79 Å². The molecule has 37 heavy (non-hydrogen) atoms. The summed E-state index contributed by atoms with van der Waals surface area (Å²) in [7, 11) is 0. The number of benzene rings is 1. The Hall–Kier alpha value is -4.40. The van der Waals surface area contributed by atoms with Crippen LogP contribution in [0, 0.1) is 0 Å². The summed E-state index contributed by atoms with van der Waals surface area (Å²) in [6.07, 6.45) is 8.49. The minimum absolute atomic E-state index is 0.258. The molecule has 0 radical (unpaired) electrons. The highest BCUT2D eigenvalue weighted by molar-refractivity contribution is 5.96. The minimum atomic E-state index is -0.258. The molecule has 6 rings (SSSR count). The van der Waals surface area contributed by atoms with Gasteiger partial charge in [-0.2, -0.15) is 5.10 Å². The average molecular weight is 493 g/mol. The Morgan fingerprint density at radius 1 is 1.00 bits per heavy atom. The third kappa shape index (κ3) is 5.25. The number of pyridine rings is 1. The Morgan fingerprint density at radius 2 is 1.86 bits per heavy atom. The first-order chi connectivity index (χ1) is 18.2. The molecule has 1 aromatic carbocycles. The first kappa shape index (κ1) is 23.0. The predicted molar refractivity (Wildman–Crippen MR) is 140 cm³/mol. The van der Waals surface area contributed by atoms with Crippen LogP contribution >= 0.6 is 0 Å². The number of amides is 1. The molecular formula is C28H28N8O. The molecule has 0 bridgehead atoms. The van der Waals surface area contributed by atoms with Crippen LogP contribution < -0.4 is 5.32 Å². The molecule has 1 aliphatic rings. The van der Waals surface area contributed by atoms with Crippen molar-refractivity contribution >= 4 is 16.9 Å². The van der Waals surface area contributed by atoms with Crippen LogP contribution in [-0.4, -0.2) is 41.1 Å². The molecule has 0 spiro atoms. The van der Waals surface area contributed by atoms with Crippen LogP contribution in [0.3, 0.4) is 0 Å². The summed E-state index contributed by atoms with van der Waals surface area (Å²) in [5.74, 6) is 0.337. The molecule has 186 valence electrons. The summed E-state index contributed by atoms with van der Waals surface area (Å²) < 4.78 is 1.71. The Labute approximate surface area is 214 Å². The zero-order chi connectivity index (χ0) is 25.0. The molecule has 1 aliphatic carbocycles. The van der Waals surface area contributed by atoms with Gasteiger partial charge >= 0.3 is 0 Å². The van der Waals surface area contributed by atoms with Crippen molar-refractivity contribution in [3.05, 3.63) is 89.8 Å². The van der Waals surface area contributed by atoms with Crippen LogP contribution in [-0.2, 0) is 19.5 Å². The topological polar surface area (TPSA) is 114 Å². The van der Waals surface area contributed by atoms with Gasteiger partial charge in [0.1, 0.15) is 0 Å². The molecule has 4 aromatic heterocycles. The van der Waals surface area contributed by atoms with E-state index in [4.69, 9.17) is 0 Å². The number of carbonyl (C=O) groups excluding carboxylic acids is 1. The normalized spacial score (nSPS) is 13.2. The number of fused-ring (bicyclic) bond motifs is 1. The predicted octanol–water partition coefficient (Wildman–Crippen LogP) is 4.44. The van der Waals surface area contributed by atoms with E-state index < -0.39 is 0 Å². The number of hydrogen-bond acceptors (Lipinski definition) is 6. The molecule has 2 N–H and O–H groups in total. The van der Waals surface area contributed by atoms with Gasteiger partial charge in [-0.15, -0.1) is 10.2 Å². The lowest BCUT2D eigenvalue weighted by atomic mass is 10.0. The zero-order valence-electron chi connectivity index (χ0n) is 20.5. The highest BCUT2D eigenvalue weighted by Gasteiger charge is 2.30. The van der Waals surface area contributed by atoms with Crippen molar-refractivity contribution in [3.63, 3.8) is 0 Å². The van der Waals surface area contributed by atoms with E-state index in [0.717, 1.165) is 41.7 Å². The number of carbonyl (C=O) groups is 1. The molecule has 9 nitrogen and oxygen atoms in total. The molecular weight excluding hydrogens is 464 g/mol. The summed E-state index contributed by atoms with van der Waals surface area (Å²) >= 11 is 0. The Bertz CT molecular complexity index is 1510. The van der Waals surface area contributed by atoms with Crippen molar-refractivity contribution in [1.29, 1.82) is 0 Å². The largest absolute Gasteiger partial charge is 0.345 e. The van der Waals surface area contributed by atoms with Crippen LogP contribution in [0.15, 0.2) is 67.0 Å². The van der Waals surface area contributed by atoms with E-state index in [1.165, 1.54) is 29.7 Å². The lowest BCUT2D eigenvalue weighted by Crippen LogP contribution is -2.23. The van der Waals surface area contributed by atoms with E-state index in [0.29, 0.717) is 24.7 Å². The number of hydrogen-bond donors (Lipinski definition) is 2. The first-order valence-corrected chi connectivity index (χ1v) is 12.8. The second-order valence-electron chi connectivity index (χ2n) is 9.48. The fraction of sp³-hybridized carbons (Fsp3) is 0.286. The standard InChI is InChI=1S/C28H28N8O/c37-28(30-17-22-11-4-6-14-29-22)24-18-36(35-33-24)15-7-5-10-21-16-23-25(19-8-2-1-3-9-19)26(20-12-13-20)31-27(23)34-32-21/h1-4,6,8-9,11,14,16,18,20H,5,7,10,12-13,15,17H2,(H,30,37)(H,31,34). The minimum Gasteiger partial charge on any atom is -0.345 e. The summed E-state index contributed by atoms with van der Waals surface area (Å²) in [6, 6.07) is 18.3. The first-order valence-electron chi connectivity index (χ1n) is 12.8. The molecule has 4 heterocycles. The van der Waals surface area contributed by atoms with Gasteiger partial charge in [-0.25, -0.2) is 0 Å². The molecule has 0 unspecified atom stereocenters. The van der Waals surface area contributed by atoms with E-state index in [-0.39, 0.29) is 5.91 Å². The van der Waals surface area contributed by atoms with E-state index in [2.05, 4.69) is 66.1 Å². The Morgan fingerprint density at radius 3 is 2.68 bits per heavy atom. The Balaban J connectivity index is 1.06. The summed E-state index contributed by atoms with van der Waals surface area (Å²) in [5, 5.41) is 21.1. The fourth-order valence-electron chi connectivity index (χ4n) is 4.62. The summed E-state index contributed by atoms with van der Waals surface area (Å²) in [5.41, 5.74) is 6.73. The number of unbranched alkanes of at least 4 members (excludes halogenated alkanes) is 1. The summed E-state index contributed by atoms with van der Waals surface area (Å²) in [6.45, 7) is 1.04. The third-order valence-electron chi connectivity index (χ3n) is 6.68. The SMILES string of the molecule is O=C(NCc1ccccn1)c1cn(CCCCc2cc3c(-c4ccccc4)c(C4CC4)[nH]c3nn2)nn1. The molecule has 1 amide bonds. The van der Waals surface area contributed by atoms with Gasteiger partial charge in [0.2, 0.25) is 0 Å². The number of nitrogens with zero attached hydrogens (tertiary/aromatic N) is 6. The van der Waals surface area contributed by atoms with Gasteiger partial charge in [0.15, 0.2) is 11.3 Å². The summed E-state index contributed by atoms with van der Waals surface area (Å²) in [4.78, 5) is 20.1. The van der Waals surface area contributed by atoms with Crippen LogP contribution in [0.4, 0.5) is 0 Å². The van der Waals surface area contributed by atoms with Crippen LogP contribution in [0.25, 0.3) is 22.2 Å². The molecule has 1 saturated carbocycles. The molecule has 5 aromatic rings. The molecule has 0 aliphatic heterocycles. The number of nitrogens with one attached hydrogen (secondary N) is 2. The maximum atomic E-state index is 12.4.